The van der Waals surface area contributed by atoms with Crippen molar-refractivity contribution in [1.82, 2.24) is 0 Å². The summed E-state index contributed by atoms with van der Waals surface area (Å²) in [6.07, 6.45) is 6.34. The Morgan fingerprint density at radius 3 is 2.47 bits per heavy atom. The molecule has 0 heterocycles. The van der Waals surface area contributed by atoms with Crippen LogP contribution >= 0.6 is 0 Å². The lowest BCUT2D eigenvalue weighted by atomic mass is 10.1. The maximum absolute atomic E-state index is 9.73. The van der Waals surface area contributed by atoms with Gasteiger partial charge in [-0.2, -0.15) is 0 Å². The van der Waals surface area contributed by atoms with E-state index < -0.39 is 14.2 Å². The maximum Gasteiger partial charge on any atom is 0.129 e. The second-order valence-electron chi connectivity index (χ2n) is 5.77. The zero-order valence-corrected chi connectivity index (χ0v) is 13.2. The number of rotatable bonds is 5. The molecule has 1 rings (SSSR count). The molecule has 0 bridgehead atoms. The summed E-state index contributed by atoms with van der Waals surface area (Å²) in [5.41, 5.74) is 4.55. The van der Waals surface area contributed by atoms with Gasteiger partial charge in [0.1, 0.15) is 14.2 Å². The van der Waals surface area contributed by atoms with Gasteiger partial charge in [-0.1, -0.05) is 68.0 Å². The van der Waals surface area contributed by atoms with E-state index >= 15 is 0 Å². The summed E-state index contributed by atoms with van der Waals surface area (Å²) >= 11 is 0. The van der Waals surface area contributed by atoms with Gasteiger partial charge in [0.05, 0.1) is 0 Å². The van der Waals surface area contributed by atoms with Gasteiger partial charge >= 0.3 is 0 Å². The van der Waals surface area contributed by atoms with Crippen molar-refractivity contribution in [1.29, 1.82) is 0 Å². The molecule has 0 aliphatic carbocycles. The summed E-state index contributed by atoms with van der Waals surface area (Å²) in [6.45, 7) is 6.55. The van der Waals surface area contributed by atoms with E-state index in [1.165, 1.54) is 5.56 Å². The Labute approximate surface area is 118 Å². The van der Waals surface area contributed by atoms with Crippen LogP contribution in [0.3, 0.4) is 0 Å². The molecule has 1 nitrogen and oxygen atoms in total. The number of aliphatic hydroxyl groups is 1. The van der Waals surface area contributed by atoms with E-state index in [0.717, 1.165) is 12.8 Å². The molecule has 102 valence electrons. The van der Waals surface area contributed by atoms with Gasteiger partial charge in [0.15, 0.2) is 0 Å². The van der Waals surface area contributed by atoms with Crippen molar-refractivity contribution in [2.45, 2.75) is 45.0 Å². The smallest absolute Gasteiger partial charge is 0.129 e. The van der Waals surface area contributed by atoms with E-state index in [9.17, 15) is 5.11 Å². The first-order valence-corrected chi connectivity index (χ1v) is 10.4. The fraction of sp³-hybridized carbons (Fsp3) is 0.412. The Morgan fingerprint density at radius 2 is 1.84 bits per heavy atom. The third-order valence-corrected chi connectivity index (χ3v) is 3.48. The molecular formula is C17H24OSi. The largest absolute Gasteiger partial charge is 0.380 e. The molecule has 0 saturated heterocycles. The number of allylic oxidation sites excluding steroid dienone is 1. The van der Waals surface area contributed by atoms with Crippen LogP contribution < -0.4 is 0 Å². The highest BCUT2D eigenvalue weighted by Gasteiger charge is 2.08. The van der Waals surface area contributed by atoms with Crippen molar-refractivity contribution >= 4 is 8.07 Å². The van der Waals surface area contributed by atoms with Gasteiger partial charge in [-0.05, 0) is 18.4 Å². The van der Waals surface area contributed by atoms with Crippen LogP contribution in [0.2, 0.25) is 19.6 Å². The number of hydrogen-bond acceptors (Lipinski definition) is 1. The van der Waals surface area contributed by atoms with Crippen molar-refractivity contribution in [2.24, 2.45) is 0 Å². The minimum absolute atomic E-state index is 0.514. The first-order valence-electron chi connectivity index (χ1n) is 6.87. The standard InChI is InChI=1S/C17H24OSi/c1-19(2,3)15-14-17(18)13-9-5-8-12-16-10-6-4-7-11-16/h4-7,9-11,17-18H,8,12-13H2,1-3H3/b9-5-. The number of aliphatic hydroxyl groups excluding tert-OH is 1. The first kappa shape index (κ1) is 15.8. The van der Waals surface area contributed by atoms with Crippen LogP contribution in [-0.4, -0.2) is 19.3 Å². The number of benzene rings is 1. The molecule has 0 saturated carbocycles. The van der Waals surface area contributed by atoms with Crippen molar-refractivity contribution in [3.05, 3.63) is 48.0 Å². The summed E-state index contributed by atoms with van der Waals surface area (Å²) in [6, 6.07) is 10.4. The minimum Gasteiger partial charge on any atom is -0.380 e. The van der Waals surface area contributed by atoms with Crippen LogP contribution in [0.25, 0.3) is 0 Å². The van der Waals surface area contributed by atoms with Crippen LogP contribution in [0.4, 0.5) is 0 Å². The molecule has 0 spiro atoms. The van der Waals surface area contributed by atoms with Crippen LogP contribution in [0.1, 0.15) is 18.4 Å². The summed E-state index contributed by atoms with van der Waals surface area (Å²) < 4.78 is 0. The lowest BCUT2D eigenvalue weighted by Gasteiger charge is -2.05. The fourth-order valence-electron chi connectivity index (χ4n) is 1.60. The molecule has 0 amide bonds. The monoisotopic (exact) mass is 272 g/mol. The average Bonchev–Trinajstić information content (AvgIpc) is 2.36. The van der Waals surface area contributed by atoms with E-state index in [0.29, 0.717) is 6.42 Å². The van der Waals surface area contributed by atoms with Crippen LogP contribution in [0.15, 0.2) is 42.5 Å². The van der Waals surface area contributed by atoms with E-state index in [1.54, 1.807) is 0 Å². The third kappa shape index (κ3) is 8.42. The van der Waals surface area contributed by atoms with Gasteiger partial charge in [0.2, 0.25) is 0 Å². The second-order valence-corrected chi connectivity index (χ2v) is 10.5. The summed E-state index contributed by atoms with van der Waals surface area (Å²) in [4.78, 5) is 0. The highest BCUT2D eigenvalue weighted by atomic mass is 28.3. The second kappa shape index (κ2) is 7.99. The lowest BCUT2D eigenvalue weighted by molar-refractivity contribution is 0.236. The van der Waals surface area contributed by atoms with Gasteiger partial charge in [-0.3, -0.25) is 0 Å². The Balaban J connectivity index is 2.25. The Morgan fingerprint density at radius 1 is 1.16 bits per heavy atom. The third-order valence-electron chi connectivity index (χ3n) is 2.58. The van der Waals surface area contributed by atoms with Crippen molar-refractivity contribution < 1.29 is 5.11 Å². The van der Waals surface area contributed by atoms with E-state index in [-0.39, 0.29) is 0 Å². The van der Waals surface area contributed by atoms with Crippen LogP contribution in [-0.2, 0) is 6.42 Å². The molecule has 19 heavy (non-hydrogen) atoms. The Kier molecular flexibility index (Phi) is 6.62. The SMILES string of the molecule is C[Si](C)(C)C#CC(O)C/C=C\CCc1ccccc1. The first-order chi connectivity index (χ1) is 8.97. The molecule has 1 N–H and O–H groups in total. The zero-order chi connectivity index (χ0) is 14.1. The minimum atomic E-state index is -1.36. The number of hydrogen-bond donors (Lipinski definition) is 1. The Bertz CT molecular complexity index is 446. The normalized spacial score (nSPS) is 13.1. The van der Waals surface area contributed by atoms with Crippen LogP contribution in [0, 0.1) is 11.5 Å². The molecule has 0 aliphatic heterocycles. The average molecular weight is 272 g/mol. The quantitative estimate of drug-likeness (QED) is 0.491. The Hall–Kier alpha value is -1.30. The zero-order valence-electron chi connectivity index (χ0n) is 12.2. The highest BCUT2D eigenvalue weighted by Crippen LogP contribution is 2.04. The maximum atomic E-state index is 9.73. The molecule has 1 unspecified atom stereocenters. The topological polar surface area (TPSA) is 20.2 Å². The molecule has 0 aliphatic rings. The molecule has 1 aromatic rings. The fourth-order valence-corrected chi connectivity index (χ4v) is 2.20. The van der Waals surface area contributed by atoms with Crippen molar-refractivity contribution in [3.8, 4) is 11.5 Å². The molecule has 0 fully saturated rings. The van der Waals surface area contributed by atoms with Crippen LogP contribution in [0.5, 0.6) is 0 Å². The molecule has 1 aromatic carbocycles. The molecule has 1 atom stereocenters. The number of aryl methyl sites for hydroxylation is 1. The lowest BCUT2D eigenvalue weighted by Crippen LogP contribution is -2.17. The van der Waals surface area contributed by atoms with Gasteiger partial charge in [-0.25, -0.2) is 0 Å². The van der Waals surface area contributed by atoms with E-state index in [4.69, 9.17) is 0 Å². The predicted octanol–water partition coefficient (Wildman–Crippen LogP) is 3.81. The van der Waals surface area contributed by atoms with Gasteiger partial charge < -0.3 is 5.11 Å². The molecule has 0 radical (unpaired) electrons. The summed E-state index contributed by atoms with van der Waals surface area (Å²) in [5, 5.41) is 9.73. The molecular weight excluding hydrogens is 248 g/mol. The van der Waals surface area contributed by atoms with E-state index in [1.807, 2.05) is 12.1 Å². The summed E-state index contributed by atoms with van der Waals surface area (Å²) in [5.74, 6) is 2.95. The van der Waals surface area contributed by atoms with Gasteiger partial charge in [-0.15, -0.1) is 5.54 Å². The molecule has 0 aromatic heterocycles. The van der Waals surface area contributed by atoms with Crippen molar-refractivity contribution in [2.75, 3.05) is 0 Å². The van der Waals surface area contributed by atoms with Crippen molar-refractivity contribution in [3.63, 3.8) is 0 Å². The highest BCUT2D eigenvalue weighted by molar-refractivity contribution is 6.83. The summed E-state index contributed by atoms with van der Waals surface area (Å²) in [7, 11) is -1.36. The molecule has 2 heteroatoms. The predicted molar refractivity (Wildman–Crippen MR) is 85.6 cm³/mol. The van der Waals surface area contributed by atoms with Gasteiger partial charge in [0.25, 0.3) is 0 Å². The van der Waals surface area contributed by atoms with Gasteiger partial charge in [0, 0.05) is 6.42 Å². The van der Waals surface area contributed by atoms with E-state index in [2.05, 4.69) is 61.4 Å².